The van der Waals surface area contributed by atoms with Gasteiger partial charge in [0.1, 0.15) is 0 Å². The van der Waals surface area contributed by atoms with E-state index < -0.39 is 0 Å². The van der Waals surface area contributed by atoms with Crippen LogP contribution in [-0.2, 0) is 6.42 Å². The zero-order valence-corrected chi connectivity index (χ0v) is 15.6. The van der Waals surface area contributed by atoms with Crippen LogP contribution >= 0.6 is 43.2 Å². The van der Waals surface area contributed by atoms with E-state index in [-0.39, 0.29) is 0 Å². The fraction of sp³-hybridized carbons (Fsp3) is 0.176. The number of nitrogens with one attached hydrogen (secondary N) is 1. The summed E-state index contributed by atoms with van der Waals surface area (Å²) in [7, 11) is 2.03. The summed E-state index contributed by atoms with van der Waals surface area (Å²) in [4.78, 5) is 1.39. The second kappa shape index (κ2) is 6.61. The Balaban J connectivity index is 1.91. The van der Waals surface area contributed by atoms with E-state index in [4.69, 9.17) is 0 Å². The van der Waals surface area contributed by atoms with Crippen molar-refractivity contribution in [2.45, 2.75) is 12.5 Å². The molecule has 0 amide bonds. The Kier molecular flexibility index (Phi) is 4.79. The van der Waals surface area contributed by atoms with Crippen LogP contribution in [0.15, 0.2) is 56.8 Å². The first-order valence-corrected chi connectivity index (χ1v) is 9.16. The van der Waals surface area contributed by atoms with E-state index in [0.717, 1.165) is 10.9 Å². The number of likely N-dealkylation sites (N-methyl/N-ethyl adjacent to an activating group) is 1. The summed E-state index contributed by atoms with van der Waals surface area (Å²) in [6, 6.07) is 17.8. The van der Waals surface area contributed by atoms with Crippen molar-refractivity contribution in [1.82, 2.24) is 5.32 Å². The summed E-state index contributed by atoms with van der Waals surface area (Å²) in [6.07, 6.45) is 1.01. The van der Waals surface area contributed by atoms with Crippen LogP contribution in [0.1, 0.15) is 16.5 Å². The topological polar surface area (TPSA) is 12.0 Å². The minimum atomic E-state index is 0.337. The van der Waals surface area contributed by atoms with Gasteiger partial charge in [0.2, 0.25) is 0 Å². The van der Waals surface area contributed by atoms with E-state index in [1.165, 1.54) is 25.0 Å². The Morgan fingerprint density at radius 2 is 1.76 bits per heavy atom. The Hall–Kier alpha value is -0.680. The molecule has 0 aliphatic heterocycles. The SMILES string of the molecule is CNC(Cc1ccc(Br)s1)c1ccc2cc(Br)ccc2c1. The van der Waals surface area contributed by atoms with Gasteiger partial charge in [-0.15, -0.1) is 11.3 Å². The number of hydrogen-bond acceptors (Lipinski definition) is 2. The molecule has 2 aromatic carbocycles. The summed E-state index contributed by atoms with van der Waals surface area (Å²) in [5.41, 5.74) is 1.33. The van der Waals surface area contributed by atoms with E-state index in [2.05, 4.69) is 85.7 Å². The minimum absolute atomic E-state index is 0.337. The first kappa shape index (κ1) is 15.2. The molecule has 108 valence electrons. The lowest BCUT2D eigenvalue weighted by Crippen LogP contribution is -2.18. The van der Waals surface area contributed by atoms with Gasteiger partial charge in [-0.1, -0.05) is 34.1 Å². The third-order valence-electron chi connectivity index (χ3n) is 3.61. The lowest BCUT2D eigenvalue weighted by molar-refractivity contribution is 0.597. The van der Waals surface area contributed by atoms with E-state index in [9.17, 15) is 0 Å². The predicted octanol–water partition coefficient (Wildman–Crippen LogP) is 5.93. The Bertz CT molecular complexity index is 766. The summed E-state index contributed by atoms with van der Waals surface area (Å²) in [5.74, 6) is 0. The van der Waals surface area contributed by atoms with Gasteiger partial charge in [-0.2, -0.15) is 0 Å². The van der Waals surface area contributed by atoms with Gasteiger partial charge in [0, 0.05) is 21.8 Å². The molecule has 3 aromatic rings. The highest BCUT2D eigenvalue weighted by molar-refractivity contribution is 9.11. The summed E-state index contributed by atoms with van der Waals surface area (Å²) < 4.78 is 2.31. The first-order valence-electron chi connectivity index (χ1n) is 6.76. The molecule has 0 radical (unpaired) electrons. The maximum absolute atomic E-state index is 3.53. The van der Waals surface area contributed by atoms with Crippen molar-refractivity contribution in [3.8, 4) is 0 Å². The van der Waals surface area contributed by atoms with Crippen molar-refractivity contribution >= 4 is 54.0 Å². The molecule has 1 N–H and O–H groups in total. The van der Waals surface area contributed by atoms with Gasteiger partial charge in [-0.3, -0.25) is 0 Å². The lowest BCUT2D eigenvalue weighted by Gasteiger charge is -2.16. The van der Waals surface area contributed by atoms with E-state index >= 15 is 0 Å². The van der Waals surface area contributed by atoms with Crippen LogP contribution in [0.4, 0.5) is 0 Å². The van der Waals surface area contributed by atoms with Gasteiger partial charge in [0.25, 0.3) is 0 Å². The average Bonchev–Trinajstić information content (AvgIpc) is 2.89. The van der Waals surface area contributed by atoms with Crippen LogP contribution < -0.4 is 5.32 Å². The van der Waals surface area contributed by atoms with Gasteiger partial charge in [-0.25, -0.2) is 0 Å². The van der Waals surface area contributed by atoms with Gasteiger partial charge in [-0.05, 0) is 69.6 Å². The monoisotopic (exact) mass is 423 g/mol. The van der Waals surface area contributed by atoms with E-state index in [1.54, 1.807) is 11.3 Å². The van der Waals surface area contributed by atoms with Gasteiger partial charge < -0.3 is 5.32 Å². The molecule has 3 rings (SSSR count). The van der Waals surface area contributed by atoms with Crippen molar-refractivity contribution in [1.29, 1.82) is 0 Å². The van der Waals surface area contributed by atoms with Crippen LogP contribution in [0, 0.1) is 0 Å². The lowest BCUT2D eigenvalue weighted by atomic mass is 9.99. The highest BCUT2D eigenvalue weighted by Crippen LogP contribution is 2.29. The zero-order valence-electron chi connectivity index (χ0n) is 11.6. The molecule has 0 saturated carbocycles. The van der Waals surface area contributed by atoms with Crippen molar-refractivity contribution < 1.29 is 0 Å². The summed E-state index contributed by atoms with van der Waals surface area (Å²) >= 11 is 8.86. The zero-order chi connectivity index (χ0) is 14.8. The first-order chi connectivity index (χ1) is 10.2. The standard InChI is InChI=1S/C17H15Br2NS/c1-20-16(10-15-6-7-17(19)21-15)13-3-2-12-9-14(18)5-4-11(12)8-13/h2-9,16,20H,10H2,1H3. The molecule has 0 aliphatic rings. The van der Waals surface area contributed by atoms with Crippen LogP contribution in [0.25, 0.3) is 10.8 Å². The van der Waals surface area contributed by atoms with Crippen molar-refractivity contribution in [2.24, 2.45) is 0 Å². The molecule has 1 heterocycles. The number of halogens is 2. The Labute approximate surface area is 145 Å². The molecule has 0 fully saturated rings. The number of thiophene rings is 1. The third kappa shape index (κ3) is 3.57. The highest BCUT2D eigenvalue weighted by atomic mass is 79.9. The largest absolute Gasteiger partial charge is 0.313 e. The van der Waals surface area contributed by atoms with E-state index in [1.807, 2.05) is 7.05 Å². The molecule has 0 saturated heterocycles. The predicted molar refractivity (Wildman–Crippen MR) is 99.2 cm³/mol. The fourth-order valence-corrected chi connectivity index (χ4v) is 4.41. The second-order valence-electron chi connectivity index (χ2n) is 5.00. The van der Waals surface area contributed by atoms with Crippen molar-refractivity contribution in [3.05, 3.63) is 67.2 Å². The molecule has 0 spiro atoms. The number of fused-ring (bicyclic) bond motifs is 1. The molecule has 1 nitrogen and oxygen atoms in total. The fourth-order valence-electron chi connectivity index (χ4n) is 2.50. The smallest absolute Gasteiger partial charge is 0.0701 e. The van der Waals surface area contributed by atoms with Crippen LogP contribution in [0.3, 0.4) is 0 Å². The highest BCUT2D eigenvalue weighted by Gasteiger charge is 2.12. The molecule has 4 heteroatoms. The van der Waals surface area contributed by atoms with Crippen LogP contribution in [0.5, 0.6) is 0 Å². The number of benzene rings is 2. The molecule has 0 bridgehead atoms. The molecule has 0 aliphatic carbocycles. The maximum Gasteiger partial charge on any atom is 0.0701 e. The van der Waals surface area contributed by atoms with Crippen molar-refractivity contribution in [2.75, 3.05) is 7.05 Å². The normalized spacial score (nSPS) is 12.7. The summed E-state index contributed by atoms with van der Waals surface area (Å²) in [5, 5.41) is 5.98. The molecule has 1 aromatic heterocycles. The van der Waals surface area contributed by atoms with Crippen LogP contribution in [-0.4, -0.2) is 7.05 Å². The van der Waals surface area contributed by atoms with Gasteiger partial charge in [0.15, 0.2) is 0 Å². The minimum Gasteiger partial charge on any atom is -0.313 e. The van der Waals surface area contributed by atoms with Crippen molar-refractivity contribution in [3.63, 3.8) is 0 Å². The molecule has 1 unspecified atom stereocenters. The van der Waals surface area contributed by atoms with Gasteiger partial charge >= 0.3 is 0 Å². The molecule has 21 heavy (non-hydrogen) atoms. The third-order valence-corrected chi connectivity index (χ3v) is 5.75. The summed E-state index contributed by atoms with van der Waals surface area (Å²) in [6.45, 7) is 0. The Morgan fingerprint density at radius 3 is 2.48 bits per heavy atom. The van der Waals surface area contributed by atoms with Gasteiger partial charge in [0.05, 0.1) is 3.79 Å². The number of rotatable bonds is 4. The molecule has 1 atom stereocenters. The average molecular weight is 425 g/mol. The van der Waals surface area contributed by atoms with E-state index in [0.29, 0.717) is 6.04 Å². The quantitative estimate of drug-likeness (QED) is 0.547. The maximum atomic E-state index is 3.53. The number of hydrogen-bond donors (Lipinski definition) is 1. The van der Waals surface area contributed by atoms with Crippen LogP contribution in [0.2, 0.25) is 0 Å². The Morgan fingerprint density at radius 1 is 1.00 bits per heavy atom. The second-order valence-corrected chi connectivity index (χ2v) is 8.47. The molecular weight excluding hydrogens is 410 g/mol. The molecular formula is C17H15Br2NS.